The van der Waals surface area contributed by atoms with Gasteiger partial charge in [-0.2, -0.15) is 0 Å². The molecule has 2 aliphatic rings. The lowest BCUT2D eigenvalue weighted by molar-refractivity contribution is 0.375. The quantitative estimate of drug-likeness (QED) is 0.536. The molecule has 1 saturated carbocycles. The first kappa shape index (κ1) is 6.99. The molecule has 2 fully saturated rings. The summed E-state index contributed by atoms with van der Waals surface area (Å²) in [7, 11) is 0. The predicted molar refractivity (Wildman–Crippen MR) is 46.0 cm³/mol. The van der Waals surface area contributed by atoms with Gasteiger partial charge in [-0.25, -0.2) is 4.31 Å². The summed E-state index contributed by atoms with van der Waals surface area (Å²) < 4.78 is 2.53. The van der Waals surface area contributed by atoms with Crippen molar-refractivity contribution in [3.05, 3.63) is 0 Å². The van der Waals surface area contributed by atoms with Crippen molar-refractivity contribution in [3.8, 4) is 0 Å². The summed E-state index contributed by atoms with van der Waals surface area (Å²) >= 11 is 1.92. The van der Waals surface area contributed by atoms with Crippen molar-refractivity contribution in [1.82, 2.24) is 4.31 Å². The lowest BCUT2D eigenvalue weighted by Crippen LogP contribution is -2.24. The fourth-order valence-electron chi connectivity index (χ4n) is 2.12. The van der Waals surface area contributed by atoms with Crippen LogP contribution in [-0.2, 0) is 0 Å². The molecule has 1 spiro atoms. The lowest BCUT2D eigenvalue weighted by Gasteiger charge is -2.20. The minimum atomic E-state index is 0.781. The van der Waals surface area contributed by atoms with E-state index in [4.69, 9.17) is 0 Å². The van der Waals surface area contributed by atoms with Gasteiger partial charge in [0.15, 0.2) is 0 Å². The summed E-state index contributed by atoms with van der Waals surface area (Å²) in [4.78, 5) is 0. The van der Waals surface area contributed by atoms with Crippen molar-refractivity contribution in [2.75, 3.05) is 12.8 Å². The molecular weight excluding hydrogens is 142 g/mol. The second-order valence-electron chi connectivity index (χ2n) is 3.61. The van der Waals surface area contributed by atoms with Gasteiger partial charge in [-0.3, -0.25) is 0 Å². The molecule has 1 atom stereocenters. The zero-order chi connectivity index (χ0) is 7.19. The van der Waals surface area contributed by atoms with E-state index in [1.165, 1.54) is 25.8 Å². The molecule has 10 heavy (non-hydrogen) atoms. The molecule has 0 N–H and O–H groups in total. The van der Waals surface area contributed by atoms with E-state index in [0.717, 1.165) is 11.5 Å². The number of hydrogen-bond acceptors (Lipinski definition) is 2. The van der Waals surface area contributed by atoms with E-state index in [0.29, 0.717) is 0 Å². The molecule has 1 saturated heterocycles. The SMILES string of the molecule is CSN1CCC2(CC2)[C@H]1C. The summed E-state index contributed by atoms with van der Waals surface area (Å²) in [6.07, 6.45) is 6.63. The Balaban J connectivity index is 2.05. The average molecular weight is 157 g/mol. The van der Waals surface area contributed by atoms with E-state index in [2.05, 4.69) is 17.5 Å². The molecule has 58 valence electrons. The van der Waals surface area contributed by atoms with Gasteiger partial charge in [-0.1, -0.05) is 11.9 Å². The molecule has 1 heterocycles. The van der Waals surface area contributed by atoms with Crippen molar-refractivity contribution in [3.63, 3.8) is 0 Å². The van der Waals surface area contributed by atoms with E-state index in [1.807, 2.05) is 11.9 Å². The molecule has 2 heteroatoms. The molecule has 1 aliphatic carbocycles. The van der Waals surface area contributed by atoms with Gasteiger partial charge in [0.25, 0.3) is 0 Å². The molecule has 0 bridgehead atoms. The van der Waals surface area contributed by atoms with Gasteiger partial charge in [-0.05, 0) is 37.9 Å². The molecule has 0 aromatic carbocycles. The van der Waals surface area contributed by atoms with Crippen LogP contribution in [0.5, 0.6) is 0 Å². The molecule has 0 aromatic rings. The highest BCUT2D eigenvalue weighted by atomic mass is 32.2. The second kappa shape index (κ2) is 2.15. The summed E-state index contributed by atoms with van der Waals surface area (Å²) in [5, 5.41) is 0. The topological polar surface area (TPSA) is 3.24 Å². The molecule has 1 aliphatic heterocycles. The summed E-state index contributed by atoms with van der Waals surface area (Å²) in [5.41, 5.74) is 0.781. The second-order valence-corrected chi connectivity index (χ2v) is 4.45. The lowest BCUT2D eigenvalue weighted by atomic mass is 9.99. The van der Waals surface area contributed by atoms with Gasteiger partial charge in [0, 0.05) is 12.6 Å². The first-order valence-corrected chi connectivity index (χ1v) is 5.27. The summed E-state index contributed by atoms with van der Waals surface area (Å²) in [5.74, 6) is 0. The molecule has 2 rings (SSSR count). The summed E-state index contributed by atoms with van der Waals surface area (Å²) in [6, 6.07) is 0.850. The Hall–Kier alpha value is 0.310. The van der Waals surface area contributed by atoms with Crippen LogP contribution in [0.4, 0.5) is 0 Å². The first-order chi connectivity index (χ1) is 4.78. The molecule has 0 aromatic heterocycles. The molecule has 1 nitrogen and oxygen atoms in total. The van der Waals surface area contributed by atoms with Crippen LogP contribution in [0.3, 0.4) is 0 Å². The van der Waals surface area contributed by atoms with Gasteiger partial charge >= 0.3 is 0 Å². The molecule has 0 amide bonds. The van der Waals surface area contributed by atoms with E-state index in [-0.39, 0.29) is 0 Å². The largest absolute Gasteiger partial charge is 0.247 e. The van der Waals surface area contributed by atoms with Gasteiger partial charge in [-0.15, -0.1) is 0 Å². The third kappa shape index (κ3) is 0.817. The maximum absolute atomic E-state index is 2.53. The highest BCUT2D eigenvalue weighted by molar-refractivity contribution is 7.96. The minimum Gasteiger partial charge on any atom is -0.247 e. The summed E-state index contributed by atoms with van der Waals surface area (Å²) in [6.45, 7) is 3.71. The van der Waals surface area contributed by atoms with Crippen molar-refractivity contribution in [2.24, 2.45) is 5.41 Å². The maximum Gasteiger partial charge on any atom is 0.0231 e. The monoisotopic (exact) mass is 157 g/mol. The van der Waals surface area contributed by atoms with E-state index >= 15 is 0 Å². The zero-order valence-electron chi connectivity index (χ0n) is 6.76. The average Bonchev–Trinajstić information content (AvgIpc) is 2.63. The highest BCUT2D eigenvalue weighted by Gasteiger charge is 2.53. The van der Waals surface area contributed by atoms with Crippen LogP contribution in [0, 0.1) is 5.41 Å². The third-order valence-electron chi connectivity index (χ3n) is 3.28. The van der Waals surface area contributed by atoms with Crippen LogP contribution in [0.15, 0.2) is 0 Å². The molecular formula is C8H15NS. The van der Waals surface area contributed by atoms with Gasteiger partial charge < -0.3 is 0 Å². The minimum absolute atomic E-state index is 0.781. The van der Waals surface area contributed by atoms with Crippen molar-refractivity contribution in [1.29, 1.82) is 0 Å². The van der Waals surface area contributed by atoms with Gasteiger partial charge in [0.1, 0.15) is 0 Å². The Kier molecular flexibility index (Phi) is 1.50. The predicted octanol–water partition coefficient (Wildman–Crippen LogP) is 2.14. The van der Waals surface area contributed by atoms with Crippen LogP contribution in [-0.4, -0.2) is 23.1 Å². The Morgan fingerprint density at radius 2 is 2.10 bits per heavy atom. The Labute approximate surface area is 67.3 Å². The number of nitrogens with zero attached hydrogens (tertiary/aromatic N) is 1. The molecule has 0 unspecified atom stereocenters. The smallest absolute Gasteiger partial charge is 0.0231 e. The van der Waals surface area contributed by atoms with Gasteiger partial charge in [0.05, 0.1) is 0 Å². The maximum atomic E-state index is 2.53. The number of rotatable bonds is 1. The van der Waals surface area contributed by atoms with E-state index < -0.39 is 0 Å². The van der Waals surface area contributed by atoms with Crippen LogP contribution in [0.2, 0.25) is 0 Å². The standard InChI is InChI=1S/C8H15NS/c1-7-8(3-4-8)5-6-9(7)10-2/h7H,3-6H2,1-2H3/t7-/m1/s1. The Morgan fingerprint density at radius 1 is 1.40 bits per heavy atom. The molecule has 0 radical (unpaired) electrons. The van der Waals surface area contributed by atoms with Crippen LogP contribution in [0.1, 0.15) is 26.2 Å². The van der Waals surface area contributed by atoms with Crippen LogP contribution < -0.4 is 0 Å². The van der Waals surface area contributed by atoms with Crippen LogP contribution >= 0.6 is 11.9 Å². The van der Waals surface area contributed by atoms with Gasteiger partial charge in [0.2, 0.25) is 0 Å². The fourth-order valence-corrected chi connectivity index (χ4v) is 2.93. The Morgan fingerprint density at radius 3 is 2.40 bits per heavy atom. The fraction of sp³-hybridized carbons (Fsp3) is 1.00. The highest BCUT2D eigenvalue weighted by Crippen LogP contribution is 2.57. The van der Waals surface area contributed by atoms with E-state index in [1.54, 1.807) is 0 Å². The van der Waals surface area contributed by atoms with Crippen molar-refractivity contribution in [2.45, 2.75) is 32.2 Å². The normalized spacial score (nSPS) is 37.2. The van der Waals surface area contributed by atoms with Crippen LogP contribution in [0.25, 0.3) is 0 Å². The van der Waals surface area contributed by atoms with Crippen molar-refractivity contribution < 1.29 is 0 Å². The van der Waals surface area contributed by atoms with Crippen molar-refractivity contribution >= 4 is 11.9 Å². The number of hydrogen-bond donors (Lipinski definition) is 0. The Bertz CT molecular complexity index is 142. The first-order valence-electron chi connectivity index (χ1n) is 4.09. The zero-order valence-corrected chi connectivity index (χ0v) is 7.58. The van der Waals surface area contributed by atoms with E-state index in [9.17, 15) is 0 Å². The third-order valence-corrected chi connectivity index (χ3v) is 4.24.